The summed E-state index contributed by atoms with van der Waals surface area (Å²) in [6.45, 7) is 3.87. The summed E-state index contributed by atoms with van der Waals surface area (Å²) >= 11 is 0. The minimum atomic E-state index is -0.736. The fraction of sp³-hybridized carbons (Fsp3) is 0.545. The summed E-state index contributed by atoms with van der Waals surface area (Å²) in [5.41, 5.74) is 0.00264. The van der Waals surface area contributed by atoms with E-state index >= 15 is 0 Å². The molecule has 1 heterocycles. The molecule has 1 rings (SSSR count). The Hall–Kier alpha value is -1.52. The second kappa shape index (κ2) is 6.15. The molecule has 1 aromatic heterocycles. The quantitative estimate of drug-likeness (QED) is 0.722. The fourth-order valence-corrected chi connectivity index (χ4v) is 1.27. The van der Waals surface area contributed by atoms with Crippen LogP contribution in [0.4, 0.5) is 4.39 Å². The lowest BCUT2D eigenvalue weighted by atomic mass is 10.2. The summed E-state index contributed by atoms with van der Waals surface area (Å²) in [5.74, 6) is -1.39. The number of hydrogen-bond acceptors (Lipinski definition) is 4. The van der Waals surface area contributed by atoms with Gasteiger partial charge in [0.25, 0.3) is 0 Å². The highest BCUT2D eigenvalue weighted by Crippen LogP contribution is 2.11. The predicted octanol–water partition coefficient (Wildman–Crippen LogP) is 2.13. The molecule has 0 fully saturated rings. The van der Waals surface area contributed by atoms with E-state index in [2.05, 4.69) is 9.97 Å². The van der Waals surface area contributed by atoms with Crippen LogP contribution in [0.25, 0.3) is 0 Å². The van der Waals surface area contributed by atoms with Gasteiger partial charge in [-0.3, -0.25) is 0 Å². The van der Waals surface area contributed by atoms with Gasteiger partial charge in [0.05, 0.1) is 12.3 Å². The zero-order valence-electron chi connectivity index (χ0n) is 9.49. The minimum Gasteiger partial charge on any atom is -0.461 e. The molecule has 0 radical (unpaired) electrons. The third-order valence-electron chi connectivity index (χ3n) is 2.10. The number of carbonyl (C=O) groups is 1. The first kappa shape index (κ1) is 12.5. The van der Waals surface area contributed by atoms with Crippen LogP contribution in [0.5, 0.6) is 0 Å². The van der Waals surface area contributed by atoms with Crippen molar-refractivity contribution in [2.75, 3.05) is 6.61 Å². The predicted molar refractivity (Wildman–Crippen MR) is 56.6 cm³/mol. The van der Waals surface area contributed by atoms with Gasteiger partial charge in [-0.25, -0.2) is 19.2 Å². The summed E-state index contributed by atoms with van der Waals surface area (Å²) < 4.78 is 18.4. The van der Waals surface area contributed by atoms with Crippen LogP contribution < -0.4 is 0 Å². The van der Waals surface area contributed by atoms with Crippen molar-refractivity contribution in [1.29, 1.82) is 0 Å². The highest BCUT2D eigenvalue weighted by molar-refractivity contribution is 5.87. The first-order chi connectivity index (χ1) is 7.70. The highest BCUT2D eigenvalue weighted by atomic mass is 19.1. The first-order valence-electron chi connectivity index (χ1n) is 5.37. The number of nitrogens with zero attached hydrogens (tertiary/aromatic N) is 2. The van der Waals surface area contributed by atoms with E-state index in [1.807, 2.05) is 6.92 Å². The molecule has 0 aliphatic carbocycles. The molecule has 0 amide bonds. The van der Waals surface area contributed by atoms with Crippen LogP contribution in [0.3, 0.4) is 0 Å². The highest BCUT2D eigenvalue weighted by Gasteiger charge is 2.18. The van der Waals surface area contributed by atoms with Crippen molar-refractivity contribution in [1.82, 2.24) is 9.97 Å². The van der Waals surface area contributed by atoms with Crippen LogP contribution in [-0.4, -0.2) is 22.5 Å². The average molecular weight is 226 g/mol. The number of rotatable bonds is 5. The maximum atomic E-state index is 13.7. The molecule has 0 aliphatic rings. The zero-order valence-corrected chi connectivity index (χ0v) is 9.49. The van der Waals surface area contributed by atoms with Crippen LogP contribution >= 0.6 is 0 Å². The van der Waals surface area contributed by atoms with Gasteiger partial charge in [0.15, 0.2) is 11.5 Å². The molecule has 0 aromatic carbocycles. The van der Waals surface area contributed by atoms with Gasteiger partial charge in [-0.2, -0.15) is 0 Å². The Kier molecular flexibility index (Phi) is 4.82. The van der Waals surface area contributed by atoms with Crippen LogP contribution in [0.15, 0.2) is 6.33 Å². The minimum absolute atomic E-state index is 0.201. The summed E-state index contributed by atoms with van der Waals surface area (Å²) in [6.07, 6.45) is 3.48. The van der Waals surface area contributed by atoms with Gasteiger partial charge in [0.2, 0.25) is 0 Å². The van der Waals surface area contributed by atoms with Crippen molar-refractivity contribution >= 4 is 5.97 Å². The number of esters is 1. The number of aromatic nitrogens is 2. The maximum absolute atomic E-state index is 13.7. The monoisotopic (exact) mass is 226 g/mol. The van der Waals surface area contributed by atoms with Crippen molar-refractivity contribution in [3.05, 3.63) is 23.5 Å². The Balaban J connectivity index is 2.89. The van der Waals surface area contributed by atoms with E-state index in [1.165, 1.54) is 6.33 Å². The van der Waals surface area contributed by atoms with E-state index in [-0.39, 0.29) is 18.0 Å². The molecule has 88 valence electrons. The summed E-state index contributed by atoms with van der Waals surface area (Å²) in [4.78, 5) is 18.8. The fourth-order valence-electron chi connectivity index (χ4n) is 1.27. The van der Waals surface area contributed by atoms with E-state index in [4.69, 9.17) is 4.74 Å². The summed E-state index contributed by atoms with van der Waals surface area (Å²) in [5, 5.41) is 0. The lowest BCUT2D eigenvalue weighted by Crippen LogP contribution is -2.12. The third kappa shape index (κ3) is 2.98. The first-order valence-corrected chi connectivity index (χ1v) is 5.37. The van der Waals surface area contributed by atoms with Gasteiger partial charge < -0.3 is 4.74 Å². The van der Waals surface area contributed by atoms with Crippen molar-refractivity contribution in [2.45, 2.75) is 33.1 Å². The van der Waals surface area contributed by atoms with E-state index < -0.39 is 11.8 Å². The van der Waals surface area contributed by atoms with Gasteiger partial charge in [-0.15, -0.1) is 0 Å². The second-order valence-corrected chi connectivity index (χ2v) is 3.31. The molecule has 0 N–H and O–H groups in total. The molecule has 0 saturated heterocycles. The molecule has 0 spiro atoms. The Morgan fingerprint density at radius 3 is 2.81 bits per heavy atom. The van der Waals surface area contributed by atoms with Crippen LogP contribution in [0.1, 0.15) is 42.9 Å². The molecule has 16 heavy (non-hydrogen) atoms. The normalized spacial score (nSPS) is 10.2. The molecule has 5 heteroatoms. The van der Waals surface area contributed by atoms with Crippen LogP contribution in [0.2, 0.25) is 0 Å². The molecular formula is C11H15FN2O2. The average Bonchev–Trinajstić information content (AvgIpc) is 2.28. The van der Waals surface area contributed by atoms with Gasteiger partial charge in [0, 0.05) is 0 Å². The molecule has 0 saturated carbocycles. The van der Waals surface area contributed by atoms with E-state index in [1.54, 1.807) is 6.92 Å². The third-order valence-corrected chi connectivity index (χ3v) is 2.10. The largest absolute Gasteiger partial charge is 0.461 e. The molecule has 0 bridgehead atoms. The lowest BCUT2D eigenvalue weighted by molar-refractivity contribution is 0.0513. The molecule has 4 nitrogen and oxygen atoms in total. The van der Waals surface area contributed by atoms with Gasteiger partial charge in [0.1, 0.15) is 6.33 Å². The summed E-state index contributed by atoms with van der Waals surface area (Å²) in [7, 11) is 0. The van der Waals surface area contributed by atoms with Gasteiger partial charge in [-0.1, -0.05) is 13.3 Å². The molecular weight excluding hydrogens is 211 g/mol. The zero-order chi connectivity index (χ0) is 12.0. The number of carbonyl (C=O) groups excluding carboxylic acids is 1. The number of unbranched alkanes of at least 4 members (excludes halogenated alkanes) is 1. The number of hydrogen-bond donors (Lipinski definition) is 0. The lowest BCUT2D eigenvalue weighted by Gasteiger charge is -2.05. The maximum Gasteiger partial charge on any atom is 0.360 e. The van der Waals surface area contributed by atoms with Gasteiger partial charge >= 0.3 is 5.97 Å². The topological polar surface area (TPSA) is 52.1 Å². The van der Waals surface area contributed by atoms with E-state index in [9.17, 15) is 9.18 Å². The smallest absolute Gasteiger partial charge is 0.360 e. The Morgan fingerprint density at radius 1 is 1.44 bits per heavy atom. The van der Waals surface area contributed by atoms with E-state index in [0.29, 0.717) is 6.42 Å². The van der Waals surface area contributed by atoms with Crippen molar-refractivity contribution in [2.24, 2.45) is 0 Å². The van der Waals surface area contributed by atoms with Crippen molar-refractivity contribution in [3.63, 3.8) is 0 Å². The SMILES string of the molecule is CCCCc1ncnc(C(=O)OCC)c1F. The second-order valence-electron chi connectivity index (χ2n) is 3.31. The molecule has 0 unspecified atom stereocenters. The number of ether oxygens (including phenoxy) is 1. The molecule has 0 atom stereocenters. The van der Waals surface area contributed by atoms with Crippen molar-refractivity contribution in [3.8, 4) is 0 Å². The van der Waals surface area contributed by atoms with E-state index in [0.717, 1.165) is 12.8 Å². The molecule has 0 aliphatic heterocycles. The van der Waals surface area contributed by atoms with Crippen molar-refractivity contribution < 1.29 is 13.9 Å². The number of aryl methyl sites for hydroxylation is 1. The standard InChI is InChI=1S/C11H15FN2O2/c1-3-5-6-8-9(12)10(14-7-13-8)11(15)16-4-2/h7H,3-6H2,1-2H3. The molecule has 1 aromatic rings. The Labute approximate surface area is 93.9 Å². The Bertz CT molecular complexity index is 369. The van der Waals surface area contributed by atoms with Gasteiger partial charge in [-0.05, 0) is 19.8 Å². The number of halogens is 1. The Morgan fingerprint density at radius 2 is 2.19 bits per heavy atom. The van der Waals surface area contributed by atoms with Crippen LogP contribution in [-0.2, 0) is 11.2 Å². The summed E-state index contributed by atoms with van der Waals surface area (Å²) in [6, 6.07) is 0. The van der Waals surface area contributed by atoms with Crippen LogP contribution in [0, 0.1) is 5.82 Å².